The predicted octanol–water partition coefficient (Wildman–Crippen LogP) is 3.09. The number of imidazole rings is 1. The van der Waals surface area contributed by atoms with E-state index in [4.69, 9.17) is 14.8 Å². The number of ether oxygens (including phenoxy) is 1. The molecular formula is C17H21BrN4O3. The fourth-order valence-corrected chi connectivity index (χ4v) is 4.41. The molecule has 1 saturated carbocycles. The first-order valence-electron chi connectivity index (χ1n) is 8.52. The zero-order valence-electron chi connectivity index (χ0n) is 14.1. The van der Waals surface area contributed by atoms with E-state index in [1.165, 1.54) is 4.90 Å². The minimum absolute atomic E-state index is 0.204. The van der Waals surface area contributed by atoms with E-state index in [1.807, 2.05) is 0 Å². The molecule has 2 fully saturated rings. The average molecular weight is 409 g/mol. The molecule has 1 saturated heterocycles. The van der Waals surface area contributed by atoms with E-state index < -0.39 is 6.09 Å². The summed E-state index contributed by atoms with van der Waals surface area (Å²) in [6.07, 6.45) is 3.86. The van der Waals surface area contributed by atoms with Crippen molar-refractivity contribution >= 4 is 33.2 Å². The first-order chi connectivity index (χ1) is 12.0. The van der Waals surface area contributed by atoms with E-state index in [-0.39, 0.29) is 5.41 Å². The van der Waals surface area contributed by atoms with Gasteiger partial charge in [-0.25, -0.2) is 14.8 Å². The molecule has 2 aliphatic rings. The number of hydrogen-bond donors (Lipinski definition) is 1. The van der Waals surface area contributed by atoms with Crippen molar-refractivity contribution in [3.63, 3.8) is 0 Å². The fraction of sp³-hybridized carbons (Fsp3) is 0.588. The summed E-state index contributed by atoms with van der Waals surface area (Å²) in [6.45, 7) is 2.60. The maximum absolute atomic E-state index is 11.1. The number of rotatable bonds is 4. The van der Waals surface area contributed by atoms with Crippen molar-refractivity contribution in [2.45, 2.75) is 31.7 Å². The Balaban J connectivity index is 1.63. The minimum atomic E-state index is -0.812. The predicted molar refractivity (Wildman–Crippen MR) is 95.7 cm³/mol. The van der Waals surface area contributed by atoms with Crippen LogP contribution in [0.25, 0.3) is 11.2 Å². The number of piperidine rings is 1. The van der Waals surface area contributed by atoms with Crippen LogP contribution in [0.2, 0.25) is 0 Å². The molecule has 0 radical (unpaired) electrons. The zero-order chi connectivity index (χ0) is 17.6. The third-order valence-electron chi connectivity index (χ3n) is 5.65. The molecule has 0 bridgehead atoms. The molecule has 0 aromatic carbocycles. The van der Waals surface area contributed by atoms with Gasteiger partial charge in [0.1, 0.15) is 5.82 Å². The highest BCUT2D eigenvalue weighted by molar-refractivity contribution is 9.10. The number of methoxy groups -OCH3 is 1. The van der Waals surface area contributed by atoms with Gasteiger partial charge in [0.25, 0.3) is 0 Å². The molecular weight excluding hydrogens is 388 g/mol. The van der Waals surface area contributed by atoms with Crippen LogP contribution in [-0.2, 0) is 11.3 Å². The van der Waals surface area contributed by atoms with Gasteiger partial charge in [0.15, 0.2) is 5.65 Å². The minimum Gasteiger partial charge on any atom is -0.465 e. The summed E-state index contributed by atoms with van der Waals surface area (Å²) in [5, 5.41) is 9.16. The van der Waals surface area contributed by atoms with Crippen LogP contribution >= 0.6 is 15.9 Å². The molecule has 25 heavy (non-hydrogen) atoms. The number of halogens is 1. The summed E-state index contributed by atoms with van der Waals surface area (Å²) in [7, 11) is 1.70. The smallest absolute Gasteiger partial charge is 0.407 e. The van der Waals surface area contributed by atoms with Crippen LogP contribution in [0.1, 0.15) is 31.0 Å². The van der Waals surface area contributed by atoms with E-state index >= 15 is 0 Å². The van der Waals surface area contributed by atoms with Crippen molar-refractivity contribution in [3.8, 4) is 0 Å². The number of pyridine rings is 1. The summed E-state index contributed by atoms with van der Waals surface area (Å²) in [4.78, 5) is 21.9. The highest BCUT2D eigenvalue weighted by Gasteiger charge is 2.57. The Labute approximate surface area is 154 Å². The lowest BCUT2D eigenvalue weighted by molar-refractivity contribution is 0.119. The Morgan fingerprint density at radius 2 is 2.24 bits per heavy atom. The lowest BCUT2D eigenvalue weighted by atomic mass is 9.91. The maximum Gasteiger partial charge on any atom is 0.407 e. The topological polar surface area (TPSA) is 80.5 Å². The van der Waals surface area contributed by atoms with Crippen molar-refractivity contribution in [2.24, 2.45) is 5.41 Å². The van der Waals surface area contributed by atoms with E-state index in [0.717, 1.165) is 47.3 Å². The summed E-state index contributed by atoms with van der Waals surface area (Å²) in [5.41, 5.74) is 1.99. The monoisotopic (exact) mass is 408 g/mol. The van der Waals surface area contributed by atoms with E-state index in [1.54, 1.807) is 13.3 Å². The van der Waals surface area contributed by atoms with Crippen LogP contribution in [-0.4, -0.2) is 57.4 Å². The maximum atomic E-state index is 11.1. The van der Waals surface area contributed by atoms with Gasteiger partial charge in [0.05, 0.1) is 12.1 Å². The SMILES string of the molecule is COCCn1c(C2CC23CCN(C(=O)O)CC3)nc2ncc(Br)cc21. The molecule has 1 aliphatic heterocycles. The van der Waals surface area contributed by atoms with Gasteiger partial charge in [-0.2, -0.15) is 0 Å². The fourth-order valence-electron chi connectivity index (χ4n) is 4.09. The Kier molecular flexibility index (Phi) is 4.19. The van der Waals surface area contributed by atoms with Gasteiger partial charge in [-0.05, 0) is 46.7 Å². The largest absolute Gasteiger partial charge is 0.465 e. The van der Waals surface area contributed by atoms with Gasteiger partial charge >= 0.3 is 6.09 Å². The Morgan fingerprint density at radius 3 is 2.92 bits per heavy atom. The standard InChI is InChI=1S/C17H21BrN4O3/c1-25-7-6-22-13-8-11(18)10-19-14(13)20-15(22)12-9-17(12)2-4-21(5-3-17)16(23)24/h8,10,12H,2-7,9H2,1H3,(H,23,24). The average Bonchev–Trinajstić information content (AvgIpc) is 3.16. The molecule has 2 aromatic rings. The van der Waals surface area contributed by atoms with Crippen molar-refractivity contribution in [1.29, 1.82) is 0 Å². The quantitative estimate of drug-likeness (QED) is 0.840. The molecule has 1 spiro atoms. The zero-order valence-corrected chi connectivity index (χ0v) is 15.7. The van der Waals surface area contributed by atoms with Crippen LogP contribution in [0.4, 0.5) is 4.79 Å². The molecule has 134 valence electrons. The van der Waals surface area contributed by atoms with E-state index in [2.05, 4.69) is 31.5 Å². The van der Waals surface area contributed by atoms with Crippen molar-refractivity contribution in [3.05, 3.63) is 22.6 Å². The second-order valence-corrected chi connectivity index (χ2v) is 7.92. The van der Waals surface area contributed by atoms with Gasteiger partial charge in [-0.1, -0.05) is 0 Å². The molecule has 1 aliphatic carbocycles. The highest BCUT2D eigenvalue weighted by Crippen LogP contribution is 2.64. The van der Waals surface area contributed by atoms with Crippen molar-refractivity contribution in [1.82, 2.24) is 19.4 Å². The van der Waals surface area contributed by atoms with Crippen LogP contribution < -0.4 is 0 Å². The Morgan fingerprint density at radius 1 is 1.48 bits per heavy atom. The summed E-state index contributed by atoms with van der Waals surface area (Å²) >= 11 is 3.49. The summed E-state index contributed by atoms with van der Waals surface area (Å²) < 4.78 is 8.43. The Hall–Kier alpha value is -1.67. The van der Waals surface area contributed by atoms with Crippen LogP contribution in [0, 0.1) is 5.41 Å². The normalized spacial score (nSPS) is 21.8. The van der Waals surface area contributed by atoms with E-state index in [9.17, 15) is 4.79 Å². The molecule has 8 heteroatoms. The number of carbonyl (C=O) groups is 1. The van der Waals surface area contributed by atoms with Crippen molar-refractivity contribution < 1.29 is 14.6 Å². The van der Waals surface area contributed by atoms with Gasteiger partial charge in [0, 0.05) is 43.3 Å². The molecule has 7 nitrogen and oxygen atoms in total. The molecule has 2 aromatic heterocycles. The number of aromatic nitrogens is 3. The van der Waals surface area contributed by atoms with Gasteiger partial charge in [0.2, 0.25) is 0 Å². The van der Waals surface area contributed by atoms with Crippen LogP contribution in [0.15, 0.2) is 16.7 Å². The highest BCUT2D eigenvalue weighted by atomic mass is 79.9. The lowest BCUT2D eigenvalue weighted by Gasteiger charge is -2.30. The second kappa shape index (κ2) is 6.25. The molecule has 3 heterocycles. The number of fused-ring (bicyclic) bond motifs is 1. The Bertz CT molecular complexity index is 814. The number of likely N-dealkylation sites (tertiary alicyclic amines) is 1. The lowest BCUT2D eigenvalue weighted by Crippen LogP contribution is -2.38. The molecule has 4 rings (SSSR count). The number of hydrogen-bond acceptors (Lipinski definition) is 4. The second-order valence-electron chi connectivity index (χ2n) is 7.00. The van der Waals surface area contributed by atoms with E-state index in [0.29, 0.717) is 25.6 Å². The third-order valence-corrected chi connectivity index (χ3v) is 6.09. The van der Waals surface area contributed by atoms with Crippen molar-refractivity contribution in [2.75, 3.05) is 26.8 Å². The molecule has 1 amide bonds. The third kappa shape index (κ3) is 2.91. The molecule has 1 N–H and O–H groups in total. The van der Waals surface area contributed by atoms with Crippen LogP contribution in [0.3, 0.4) is 0 Å². The number of nitrogens with zero attached hydrogens (tertiary/aromatic N) is 4. The van der Waals surface area contributed by atoms with Gasteiger partial charge < -0.3 is 19.3 Å². The number of amides is 1. The first-order valence-corrected chi connectivity index (χ1v) is 9.32. The van der Waals surface area contributed by atoms with Crippen LogP contribution in [0.5, 0.6) is 0 Å². The van der Waals surface area contributed by atoms with Gasteiger partial charge in [-0.15, -0.1) is 0 Å². The number of carboxylic acid groups (broad SMARTS) is 1. The molecule has 1 atom stereocenters. The molecule has 1 unspecified atom stereocenters. The summed E-state index contributed by atoms with van der Waals surface area (Å²) in [5.74, 6) is 1.45. The van der Waals surface area contributed by atoms with Gasteiger partial charge in [-0.3, -0.25) is 0 Å². The first kappa shape index (κ1) is 16.8. The summed E-state index contributed by atoms with van der Waals surface area (Å²) in [6, 6.07) is 2.05.